The number of rotatable bonds is 6. The van der Waals surface area contributed by atoms with E-state index in [0.717, 1.165) is 24.9 Å². The zero-order valence-corrected chi connectivity index (χ0v) is 23.1. The van der Waals surface area contributed by atoms with Crippen LogP contribution in [-0.2, 0) is 4.74 Å². The number of benzene rings is 1. The Balaban J connectivity index is 1.87. The number of piperidine rings is 1. The van der Waals surface area contributed by atoms with Gasteiger partial charge in [-0.25, -0.2) is 14.7 Å². The normalized spacial score (nSPS) is 17.4. The number of nitrogens with zero attached hydrogens (tertiary/aromatic N) is 5. The fourth-order valence-electron chi connectivity index (χ4n) is 4.45. The predicted octanol–water partition coefficient (Wildman–Crippen LogP) is 5.78. The first-order valence-electron chi connectivity index (χ1n) is 12.9. The number of nitro benzene ring substituents is 1. The first-order valence-corrected chi connectivity index (χ1v) is 12.9. The van der Waals surface area contributed by atoms with Crippen LogP contribution in [0.3, 0.4) is 0 Å². The number of aromatic nitrogens is 3. The van der Waals surface area contributed by atoms with E-state index in [1.807, 2.05) is 0 Å². The van der Waals surface area contributed by atoms with Crippen LogP contribution in [0.5, 0.6) is 0 Å². The summed E-state index contributed by atoms with van der Waals surface area (Å²) in [7, 11) is 0. The number of fused-ring (bicyclic) bond motifs is 1. The van der Waals surface area contributed by atoms with Gasteiger partial charge in [0, 0.05) is 41.9 Å². The monoisotopic (exact) mass is 523 g/mol. The number of amides is 1. The molecule has 1 amide bonds. The predicted molar refractivity (Wildman–Crippen MR) is 147 cm³/mol. The van der Waals surface area contributed by atoms with Crippen LogP contribution < -0.4 is 15.5 Å². The molecule has 1 fully saturated rings. The summed E-state index contributed by atoms with van der Waals surface area (Å²) in [5, 5.41) is 23.2. The van der Waals surface area contributed by atoms with Crippen LogP contribution >= 0.6 is 0 Å². The molecule has 4 rings (SSSR count). The molecular weight excluding hydrogens is 486 g/mol. The average molecular weight is 524 g/mol. The van der Waals surface area contributed by atoms with Crippen molar-refractivity contribution in [3.05, 3.63) is 52.2 Å². The highest BCUT2D eigenvalue weighted by atomic mass is 16.6. The van der Waals surface area contributed by atoms with Gasteiger partial charge in [-0.15, -0.1) is 0 Å². The van der Waals surface area contributed by atoms with Crippen molar-refractivity contribution in [1.82, 2.24) is 19.9 Å². The lowest BCUT2D eigenvalue weighted by atomic mass is 9.91. The van der Waals surface area contributed by atoms with Gasteiger partial charge >= 0.3 is 6.09 Å². The molecule has 1 aliphatic rings. The summed E-state index contributed by atoms with van der Waals surface area (Å²) in [6, 6.07) is 7.80. The number of hydrogen-bond donors (Lipinski definition) is 2. The second-order valence-electron chi connectivity index (χ2n) is 11.7. The summed E-state index contributed by atoms with van der Waals surface area (Å²) in [6.07, 6.45) is 3.02. The standard InChI is InChI=1S/C27H37N7O4/c1-17(2)21-16-29-33-23(14-22(31-24(21)33)30-18-11-12-27(6,7)28-15-18)32(25(35)38-26(3,4)5)19-9-8-10-20(13-19)34(36)37/h8-10,13-14,16-18,28H,11-12,15H2,1-7H3,(H,30,31)/t18-/m0/s1. The van der Waals surface area contributed by atoms with Gasteiger partial charge < -0.3 is 15.4 Å². The highest BCUT2D eigenvalue weighted by Gasteiger charge is 2.31. The Kier molecular flexibility index (Phi) is 7.33. The zero-order chi connectivity index (χ0) is 27.8. The number of ether oxygens (including phenoxy) is 1. The maximum atomic E-state index is 13.6. The molecule has 11 nitrogen and oxygen atoms in total. The smallest absolute Gasteiger partial charge is 0.420 e. The Hall–Kier alpha value is -3.73. The van der Waals surface area contributed by atoms with Gasteiger partial charge in [-0.3, -0.25) is 10.1 Å². The minimum atomic E-state index is -0.795. The summed E-state index contributed by atoms with van der Waals surface area (Å²) in [4.78, 5) is 30.9. The average Bonchev–Trinajstić information content (AvgIpc) is 3.24. The molecule has 1 saturated heterocycles. The Morgan fingerprint density at radius 1 is 1.32 bits per heavy atom. The lowest BCUT2D eigenvalue weighted by Gasteiger charge is -2.36. The van der Waals surface area contributed by atoms with E-state index in [9.17, 15) is 14.9 Å². The first-order chi connectivity index (χ1) is 17.7. The molecule has 1 aliphatic heterocycles. The van der Waals surface area contributed by atoms with E-state index in [1.54, 1.807) is 49.7 Å². The van der Waals surface area contributed by atoms with Crippen LogP contribution in [-0.4, -0.2) is 49.3 Å². The van der Waals surface area contributed by atoms with E-state index < -0.39 is 16.6 Å². The number of anilines is 3. The van der Waals surface area contributed by atoms with E-state index in [1.165, 1.54) is 17.0 Å². The van der Waals surface area contributed by atoms with E-state index in [-0.39, 0.29) is 28.9 Å². The van der Waals surface area contributed by atoms with Crippen molar-refractivity contribution in [2.24, 2.45) is 0 Å². The molecule has 0 saturated carbocycles. The van der Waals surface area contributed by atoms with Crippen LogP contribution in [0.15, 0.2) is 36.5 Å². The van der Waals surface area contributed by atoms with Crippen molar-refractivity contribution >= 4 is 34.8 Å². The van der Waals surface area contributed by atoms with Crippen molar-refractivity contribution in [3.8, 4) is 0 Å². The Morgan fingerprint density at radius 2 is 2.05 bits per heavy atom. The molecule has 11 heteroatoms. The molecule has 2 N–H and O–H groups in total. The largest absolute Gasteiger partial charge is 0.443 e. The third kappa shape index (κ3) is 6.04. The number of nitro groups is 1. The third-order valence-electron chi connectivity index (χ3n) is 6.50. The molecule has 204 valence electrons. The summed E-state index contributed by atoms with van der Waals surface area (Å²) in [6.45, 7) is 14.6. The molecule has 0 radical (unpaired) electrons. The van der Waals surface area contributed by atoms with Crippen molar-refractivity contribution in [2.45, 2.75) is 84.4 Å². The Labute approximate surface area is 222 Å². The van der Waals surface area contributed by atoms with E-state index in [0.29, 0.717) is 17.3 Å². The van der Waals surface area contributed by atoms with Crippen molar-refractivity contribution in [1.29, 1.82) is 0 Å². The van der Waals surface area contributed by atoms with Gasteiger partial charge in [0.25, 0.3) is 5.69 Å². The van der Waals surface area contributed by atoms with Gasteiger partial charge in [0.2, 0.25) is 0 Å². The fraction of sp³-hybridized carbons (Fsp3) is 0.519. The summed E-state index contributed by atoms with van der Waals surface area (Å²) in [5.74, 6) is 1.08. The minimum absolute atomic E-state index is 0.0759. The van der Waals surface area contributed by atoms with Gasteiger partial charge in [-0.2, -0.15) is 9.61 Å². The zero-order valence-electron chi connectivity index (χ0n) is 23.1. The molecule has 38 heavy (non-hydrogen) atoms. The summed E-state index contributed by atoms with van der Waals surface area (Å²) < 4.78 is 7.34. The van der Waals surface area contributed by atoms with E-state index >= 15 is 0 Å². The van der Waals surface area contributed by atoms with Gasteiger partial charge in [0.15, 0.2) is 5.65 Å². The number of carbonyl (C=O) groups is 1. The first kappa shape index (κ1) is 27.3. The third-order valence-corrected chi connectivity index (χ3v) is 6.50. The van der Waals surface area contributed by atoms with Crippen LogP contribution in [0.25, 0.3) is 5.65 Å². The van der Waals surface area contributed by atoms with E-state index in [2.05, 4.69) is 43.4 Å². The summed E-state index contributed by atoms with van der Waals surface area (Å²) in [5.41, 5.74) is 0.946. The molecule has 1 atom stereocenters. The van der Waals surface area contributed by atoms with Crippen LogP contribution in [0.1, 0.15) is 72.8 Å². The van der Waals surface area contributed by atoms with E-state index in [4.69, 9.17) is 9.72 Å². The maximum absolute atomic E-state index is 13.6. The van der Waals surface area contributed by atoms with Crippen molar-refractivity contribution < 1.29 is 14.5 Å². The topological polar surface area (TPSA) is 127 Å². The fourth-order valence-corrected chi connectivity index (χ4v) is 4.45. The van der Waals surface area contributed by atoms with Gasteiger partial charge in [-0.05, 0) is 59.4 Å². The minimum Gasteiger partial charge on any atom is -0.443 e. The highest BCUT2D eigenvalue weighted by Crippen LogP contribution is 2.34. The Morgan fingerprint density at radius 3 is 2.66 bits per heavy atom. The molecule has 3 heterocycles. The molecule has 3 aromatic rings. The van der Waals surface area contributed by atoms with Gasteiger partial charge in [-0.1, -0.05) is 19.9 Å². The molecule has 0 bridgehead atoms. The van der Waals surface area contributed by atoms with Gasteiger partial charge in [0.05, 0.1) is 16.8 Å². The summed E-state index contributed by atoms with van der Waals surface area (Å²) >= 11 is 0. The Bertz CT molecular complexity index is 1330. The van der Waals surface area contributed by atoms with Crippen molar-refractivity contribution in [3.63, 3.8) is 0 Å². The molecule has 0 spiro atoms. The highest BCUT2D eigenvalue weighted by molar-refractivity contribution is 5.96. The maximum Gasteiger partial charge on any atom is 0.420 e. The van der Waals surface area contributed by atoms with Crippen LogP contribution in [0.4, 0.5) is 27.8 Å². The lowest BCUT2D eigenvalue weighted by Crippen LogP contribution is -2.50. The second kappa shape index (κ2) is 10.2. The quantitative estimate of drug-likeness (QED) is 0.308. The van der Waals surface area contributed by atoms with Crippen molar-refractivity contribution in [2.75, 3.05) is 16.8 Å². The second-order valence-corrected chi connectivity index (χ2v) is 11.7. The number of nitrogens with one attached hydrogen (secondary N) is 2. The molecule has 1 aromatic carbocycles. The molecular formula is C27H37N7O4. The van der Waals surface area contributed by atoms with Crippen LogP contribution in [0, 0.1) is 10.1 Å². The number of non-ortho nitro benzene ring substituents is 1. The SMILES string of the molecule is CC(C)c1cnn2c(N(C(=O)OC(C)(C)C)c3cccc([N+](=O)[O-])c3)cc(N[C@H]3CCC(C)(C)NC3)nc12. The number of carbonyl (C=O) groups excluding carboxylic acids is 1. The van der Waals surface area contributed by atoms with Crippen LogP contribution in [0.2, 0.25) is 0 Å². The molecule has 2 aromatic heterocycles. The molecule has 0 unspecified atom stereocenters. The molecule has 0 aliphatic carbocycles. The lowest BCUT2D eigenvalue weighted by molar-refractivity contribution is -0.384. The van der Waals surface area contributed by atoms with Gasteiger partial charge in [0.1, 0.15) is 17.2 Å². The number of hydrogen-bond acceptors (Lipinski definition) is 8.